The maximum Gasteiger partial charge on any atom is 0.248 e. The summed E-state index contributed by atoms with van der Waals surface area (Å²) in [6.45, 7) is 3.55. The van der Waals surface area contributed by atoms with Gasteiger partial charge in [-0.15, -0.1) is 0 Å². The lowest BCUT2D eigenvalue weighted by atomic mass is 10.0. The lowest BCUT2D eigenvalue weighted by molar-refractivity contribution is -0.112. The van der Waals surface area contributed by atoms with Crippen molar-refractivity contribution in [2.24, 2.45) is 0 Å². The van der Waals surface area contributed by atoms with Gasteiger partial charge in [-0.1, -0.05) is 35.9 Å². The van der Waals surface area contributed by atoms with E-state index in [0.29, 0.717) is 23.4 Å². The summed E-state index contributed by atoms with van der Waals surface area (Å²) in [5.41, 5.74) is 3.87. The summed E-state index contributed by atoms with van der Waals surface area (Å²) >= 11 is 0. The number of fused-ring (bicyclic) bond motifs is 1. The third-order valence-electron chi connectivity index (χ3n) is 7.00. The van der Waals surface area contributed by atoms with Gasteiger partial charge in [-0.25, -0.2) is 9.97 Å². The molecule has 188 valence electrons. The average Bonchev–Trinajstić information content (AvgIpc) is 3.68. The largest absolute Gasteiger partial charge is 0.494 e. The monoisotopic (exact) mass is 487 g/mol. The van der Waals surface area contributed by atoms with Crippen molar-refractivity contribution in [1.29, 1.82) is 0 Å². The minimum Gasteiger partial charge on any atom is -0.494 e. The van der Waals surface area contributed by atoms with Crippen molar-refractivity contribution in [2.75, 3.05) is 51.1 Å². The van der Waals surface area contributed by atoms with Crippen LogP contribution in [0, 0.1) is 0 Å². The molecule has 1 aromatic heterocycles. The Labute approximate surface area is 211 Å². The Morgan fingerprint density at radius 2 is 1.94 bits per heavy atom. The molecule has 2 aliphatic rings. The van der Waals surface area contributed by atoms with E-state index in [1.54, 1.807) is 26.6 Å². The fraction of sp³-hybridized carbons (Fsp3) is 0.393. The highest BCUT2D eigenvalue weighted by Crippen LogP contribution is 2.43. The Morgan fingerprint density at radius 1 is 1.14 bits per heavy atom. The highest BCUT2D eigenvalue weighted by atomic mass is 16.5. The molecule has 1 saturated heterocycles. The first-order chi connectivity index (χ1) is 17.6. The summed E-state index contributed by atoms with van der Waals surface area (Å²) in [6, 6.07) is 14.6. The number of nitrogens with zero attached hydrogens (tertiary/aromatic N) is 3. The van der Waals surface area contributed by atoms with Crippen molar-refractivity contribution in [1.82, 2.24) is 14.9 Å². The van der Waals surface area contributed by atoms with Gasteiger partial charge < -0.3 is 25.0 Å². The van der Waals surface area contributed by atoms with Gasteiger partial charge in [0.15, 0.2) is 0 Å². The van der Waals surface area contributed by atoms with Gasteiger partial charge in [-0.3, -0.25) is 4.79 Å². The van der Waals surface area contributed by atoms with Crippen LogP contribution in [0.1, 0.15) is 30.7 Å². The second-order valence-electron chi connectivity index (χ2n) is 9.42. The minimum atomic E-state index is -0.148. The SMILES string of the molecule is COCCN1CCC(=CC(=O)Nc2cc3c(NC4CC4c4ccccc4)ncnc3cc2OC)CC1. The number of aromatic nitrogens is 2. The van der Waals surface area contributed by atoms with Crippen molar-refractivity contribution in [2.45, 2.75) is 31.2 Å². The molecule has 8 heteroatoms. The van der Waals surface area contributed by atoms with E-state index in [2.05, 4.69) is 49.8 Å². The highest BCUT2D eigenvalue weighted by molar-refractivity contribution is 6.03. The summed E-state index contributed by atoms with van der Waals surface area (Å²) < 4.78 is 10.7. The van der Waals surface area contributed by atoms with E-state index in [0.717, 1.165) is 67.8 Å². The fourth-order valence-corrected chi connectivity index (χ4v) is 4.85. The van der Waals surface area contributed by atoms with Gasteiger partial charge in [-0.2, -0.15) is 0 Å². The molecule has 0 spiro atoms. The van der Waals surface area contributed by atoms with Crippen molar-refractivity contribution in [3.63, 3.8) is 0 Å². The number of piperidine rings is 1. The van der Waals surface area contributed by atoms with Gasteiger partial charge in [0.05, 0.1) is 24.9 Å². The van der Waals surface area contributed by atoms with Gasteiger partial charge in [0, 0.05) is 56.2 Å². The molecule has 2 N–H and O–H groups in total. The van der Waals surface area contributed by atoms with Gasteiger partial charge in [0.25, 0.3) is 0 Å². The lowest BCUT2D eigenvalue weighted by Gasteiger charge is -2.27. The van der Waals surface area contributed by atoms with E-state index >= 15 is 0 Å². The molecule has 3 aromatic rings. The maximum absolute atomic E-state index is 12.9. The molecule has 1 aliphatic heterocycles. The minimum absolute atomic E-state index is 0.148. The molecule has 2 aromatic carbocycles. The van der Waals surface area contributed by atoms with Crippen LogP contribution in [0.3, 0.4) is 0 Å². The highest BCUT2D eigenvalue weighted by Gasteiger charge is 2.38. The van der Waals surface area contributed by atoms with E-state index in [-0.39, 0.29) is 5.91 Å². The normalized spacial score (nSPS) is 19.7. The Bertz CT molecular complexity index is 1240. The van der Waals surface area contributed by atoms with E-state index in [1.165, 1.54) is 5.56 Å². The predicted octanol–water partition coefficient (Wildman–Crippen LogP) is 4.21. The number of hydrogen-bond acceptors (Lipinski definition) is 7. The molecule has 1 aliphatic carbocycles. The summed E-state index contributed by atoms with van der Waals surface area (Å²) in [5.74, 6) is 1.66. The van der Waals surface area contributed by atoms with Crippen LogP contribution in [0.2, 0.25) is 0 Å². The number of rotatable bonds is 9. The number of hydrogen-bond donors (Lipinski definition) is 2. The molecule has 5 rings (SSSR count). The average molecular weight is 488 g/mol. The first-order valence-electron chi connectivity index (χ1n) is 12.5. The van der Waals surface area contributed by atoms with E-state index < -0.39 is 0 Å². The maximum atomic E-state index is 12.9. The molecule has 1 saturated carbocycles. The van der Waals surface area contributed by atoms with Crippen molar-refractivity contribution >= 4 is 28.3 Å². The van der Waals surface area contributed by atoms with Gasteiger partial charge in [0.1, 0.15) is 17.9 Å². The van der Waals surface area contributed by atoms with Crippen LogP contribution < -0.4 is 15.4 Å². The number of nitrogens with one attached hydrogen (secondary N) is 2. The fourth-order valence-electron chi connectivity index (χ4n) is 4.85. The molecular weight excluding hydrogens is 454 g/mol. The van der Waals surface area contributed by atoms with E-state index in [1.807, 2.05) is 18.2 Å². The van der Waals surface area contributed by atoms with Crippen LogP contribution in [0.4, 0.5) is 11.5 Å². The van der Waals surface area contributed by atoms with Crippen molar-refractivity contribution in [3.8, 4) is 5.75 Å². The topological polar surface area (TPSA) is 88.6 Å². The van der Waals surface area contributed by atoms with Crippen molar-refractivity contribution in [3.05, 3.63) is 66.0 Å². The molecule has 2 fully saturated rings. The molecule has 0 bridgehead atoms. The third-order valence-corrected chi connectivity index (χ3v) is 7.00. The smallest absolute Gasteiger partial charge is 0.248 e. The second-order valence-corrected chi connectivity index (χ2v) is 9.42. The zero-order chi connectivity index (χ0) is 24.9. The second kappa shape index (κ2) is 11.1. The zero-order valence-corrected chi connectivity index (χ0v) is 20.9. The van der Waals surface area contributed by atoms with Crippen LogP contribution in [0.25, 0.3) is 10.9 Å². The molecule has 36 heavy (non-hydrogen) atoms. The predicted molar refractivity (Wildman–Crippen MR) is 142 cm³/mol. The number of likely N-dealkylation sites (tertiary alicyclic amines) is 1. The standard InChI is InChI=1S/C28H33N5O3/c1-35-13-12-33-10-8-19(9-11-33)14-27(34)31-25-16-22-23(17-26(25)36-2)29-18-30-28(22)32-24-15-21(24)20-6-4-3-5-7-20/h3-7,14,16-18,21,24H,8-13,15H2,1-2H3,(H,31,34)(H,29,30,32). The van der Waals surface area contributed by atoms with Crippen LogP contribution in [-0.4, -0.2) is 67.3 Å². The molecule has 2 unspecified atom stereocenters. The summed E-state index contributed by atoms with van der Waals surface area (Å²) in [7, 11) is 3.32. The molecule has 0 radical (unpaired) electrons. The first kappa shape index (κ1) is 24.2. The summed E-state index contributed by atoms with van der Waals surface area (Å²) in [5, 5.41) is 7.45. The Morgan fingerprint density at radius 3 is 2.69 bits per heavy atom. The molecule has 2 heterocycles. The summed E-state index contributed by atoms with van der Waals surface area (Å²) in [6.07, 6.45) is 6.12. The number of methoxy groups -OCH3 is 2. The van der Waals surface area contributed by atoms with Gasteiger partial charge in [0.2, 0.25) is 5.91 Å². The first-order valence-corrected chi connectivity index (χ1v) is 12.5. The zero-order valence-electron chi connectivity index (χ0n) is 20.9. The number of benzene rings is 2. The van der Waals surface area contributed by atoms with Crippen LogP contribution in [-0.2, 0) is 9.53 Å². The van der Waals surface area contributed by atoms with E-state index in [9.17, 15) is 4.79 Å². The van der Waals surface area contributed by atoms with Crippen LogP contribution in [0.5, 0.6) is 5.75 Å². The molecule has 1 amide bonds. The lowest BCUT2D eigenvalue weighted by Crippen LogP contribution is -2.33. The van der Waals surface area contributed by atoms with Crippen LogP contribution >= 0.6 is 0 Å². The number of carbonyl (C=O) groups is 1. The van der Waals surface area contributed by atoms with Gasteiger partial charge in [-0.05, 0) is 30.9 Å². The summed E-state index contributed by atoms with van der Waals surface area (Å²) in [4.78, 5) is 24.2. The quantitative estimate of drug-likeness (QED) is 0.437. The van der Waals surface area contributed by atoms with Crippen molar-refractivity contribution < 1.29 is 14.3 Å². The number of anilines is 2. The number of amides is 1. The Balaban J connectivity index is 1.29. The third kappa shape index (κ3) is 5.66. The molecule has 2 atom stereocenters. The number of ether oxygens (including phenoxy) is 2. The van der Waals surface area contributed by atoms with Crippen LogP contribution in [0.15, 0.2) is 60.4 Å². The Hall–Kier alpha value is -3.49. The molecule has 8 nitrogen and oxygen atoms in total. The Kier molecular flexibility index (Phi) is 7.44. The number of carbonyl (C=O) groups excluding carboxylic acids is 1. The molecular formula is C28H33N5O3. The van der Waals surface area contributed by atoms with Gasteiger partial charge >= 0.3 is 0 Å². The van der Waals surface area contributed by atoms with E-state index in [4.69, 9.17) is 9.47 Å².